The van der Waals surface area contributed by atoms with Gasteiger partial charge in [-0.3, -0.25) is 14.6 Å². The monoisotopic (exact) mass is 748 g/mol. The van der Waals surface area contributed by atoms with Crippen molar-refractivity contribution in [1.82, 2.24) is 31.2 Å². The van der Waals surface area contributed by atoms with Crippen molar-refractivity contribution in [3.8, 4) is 39.4 Å². The lowest BCUT2D eigenvalue weighted by atomic mass is 9.97. The van der Waals surface area contributed by atoms with Crippen LogP contribution in [0.2, 0.25) is 15.1 Å². The molecule has 0 radical (unpaired) electrons. The molecule has 13 heteroatoms. The van der Waals surface area contributed by atoms with Crippen molar-refractivity contribution in [3.05, 3.63) is 86.3 Å². The van der Waals surface area contributed by atoms with Crippen LogP contribution in [-0.4, -0.2) is 54.1 Å². The van der Waals surface area contributed by atoms with Crippen molar-refractivity contribution in [3.63, 3.8) is 0 Å². The number of thiophene rings is 1. The first-order chi connectivity index (χ1) is 24.3. The van der Waals surface area contributed by atoms with E-state index >= 15 is 0 Å². The highest BCUT2D eigenvalue weighted by atomic mass is 35.5. The molecule has 3 aromatic heterocycles. The highest BCUT2D eigenvalue weighted by molar-refractivity contribution is 7.19. The lowest BCUT2D eigenvalue weighted by Gasteiger charge is -2.15. The molecule has 2 aliphatic rings. The van der Waals surface area contributed by atoms with Gasteiger partial charge in [0.05, 0.1) is 38.1 Å². The van der Waals surface area contributed by atoms with Gasteiger partial charge in [-0.05, 0) is 25.0 Å². The van der Waals surface area contributed by atoms with Crippen LogP contribution < -0.4 is 26.0 Å². The third-order valence-corrected chi connectivity index (χ3v) is 11.6. The van der Waals surface area contributed by atoms with Crippen molar-refractivity contribution in [2.24, 2.45) is 0 Å². The topological polar surface area (TPSA) is 117 Å². The number of halogens is 3. The predicted molar refractivity (Wildman–Crippen MR) is 201 cm³/mol. The Balaban J connectivity index is 1.10. The van der Waals surface area contributed by atoms with E-state index in [4.69, 9.17) is 49.5 Å². The van der Waals surface area contributed by atoms with E-state index < -0.39 is 0 Å². The Morgan fingerprint density at radius 3 is 2.08 bits per heavy atom. The number of benzene rings is 2. The molecule has 0 aliphatic carbocycles. The Hall–Kier alpha value is -3.77. The summed E-state index contributed by atoms with van der Waals surface area (Å²) >= 11 is 22.6. The van der Waals surface area contributed by atoms with Crippen LogP contribution in [0.3, 0.4) is 0 Å². The van der Waals surface area contributed by atoms with E-state index in [1.54, 1.807) is 24.6 Å². The largest absolute Gasteiger partial charge is 0.481 e. The number of ether oxygens (including phenoxy) is 1. The third kappa shape index (κ3) is 7.32. The molecule has 5 aromatic rings. The number of hydrogen-bond donors (Lipinski definition) is 4. The van der Waals surface area contributed by atoms with E-state index in [9.17, 15) is 9.59 Å². The fourth-order valence-corrected chi connectivity index (χ4v) is 8.60. The zero-order valence-electron chi connectivity index (χ0n) is 27.2. The minimum atomic E-state index is 0.0991. The van der Waals surface area contributed by atoms with Gasteiger partial charge < -0.3 is 26.0 Å². The minimum absolute atomic E-state index is 0.0991. The Morgan fingerprint density at radius 1 is 0.820 bits per heavy atom. The standard InChI is InChI=1S/C37H35Cl3N6O3S/c1-49-37-20(15-41-17-22-9-12-31(47)44-22)8-11-28(46-37)27-7-3-6-26(34(27)39)25-5-2-4-24(33(25)38)21-14-29-36(43-16-21)35(40)30(50-29)19-42-18-23-10-13-32(48)45-23/h2-8,11,14,16,22-23,41-42H,9-10,12-13,15,17-19H2,1H3,(H,44,47)(H,45,48)/t22-,23-/m1/s1. The van der Waals surface area contributed by atoms with Crippen LogP contribution in [0.4, 0.5) is 0 Å². The summed E-state index contributed by atoms with van der Waals surface area (Å²) in [5.74, 6) is 0.707. The third-order valence-electron chi connectivity index (χ3n) is 9.10. The van der Waals surface area contributed by atoms with Crippen molar-refractivity contribution < 1.29 is 14.3 Å². The summed E-state index contributed by atoms with van der Waals surface area (Å²) in [4.78, 5) is 33.5. The fourth-order valence-electron chi connectivity index (χ4n) is 6.49. The maximum atomic E-state index is 11.5. The van der Waals surface area contributed by atoms with Crippen LogP contribution in [0.1, 0.15) is 36.1 Å². The Labute approximate surface area is 309 Å². The Morgan fingerprint density at radius 2 is 1.44 bits per heavy atom. The molecule has 0 spiro atoms. The number of amides is 2. The smallest absolute Gasteiger partial charge is 0.220 e. The van der Waals surface area contributed by atoms with E-state index in [1.165, 1.54) is 0 Å². The maximum absolute atomic E-state index is 11.5. The number of methoxy groups -OCH3 is 1. The molecule has 0 saturated carbocycles. The number of nitrogens with zero attached hydrogens (tertiary/aromatic N) is 2. The highest BCUT2D eigenvalue weighted by Crippen LogP contribution is 2.43. The van der Waals surface area contributed by atoms with E-state index in [-0.39, 0.29) is 23.9 Å². The summed E-state index contributed by atoms with van der Waals surface area (Å²) in [5, 5.41) is 14.5. The van der Waals surface area contributed by atoms with Gasteiger partial charge in [-0.25, -0.2) is 4.98 Å². The second kappa shape index (κ2) is 15.2. The number of carbonyl (C=O) groups is 2. The van der Waals surface area contributed by atoms with Gasteiger partial charge in [0.15, 0.2) is 0 Å². The van der Waals surface area contributed by atoms with Crippen LogP contribution in [0.25, 0.3) is 43.7 Å². The molecular weight excluding hydrogens is 715 g/mol. The Bertz CT molecular complexity index is 2090. The molecule has 0 bridgehead atoms. The minimum Gasteiger partial charge on any atom is -0.481 e. The number of hydrogen-bond acceptors (Lipinski definition) is 8. The van der Waals surface area contributed by atoms with Crippen molar-refractivity contribution in [2.75, 3.05) is 20.2 Å². The zero-order chi connectivity index (χ0) is 34.8. The van der Waals surface area contributed by atoms with Gasteiger partial charge in [0.25, 0.3) is 0 Å². The highest BCUT2D eigenvalue weighted by Gasteiger charge is 2.22. The lowest BCUT2D eigenvalue weighted by Crippen LogP contribution is -2.35. The summed E-state index contributed by atoms with van der Waals surface area (Å²) in [5.41, 5.74) is 6.35. The quantitative estimate of drug-likeness (QED) is 0.105. The molecule has 2 atom stereocenters. The maximum Gasteiger partial charge on any atom is 0.220 e. The van der Waals surface area contributed by atoms with Crippen LogP contribution in [0.15, 0.2) is 60.8 Å². The molecular formula is C37H35Cl3N6O3S. The van der Waals surface area contributed by atoms with E-state index in [1.807, 2.05) is 48.5 Å². The average Bonchev–Trinajstić information content (AvgIpc) is 3.82. The summed E-state index contributed by atoms with van der Waals surface area (Å²) in [6.07, 6.45) is 4.62. The van der Waals surface area contributed by atoms with Crippen molar-refractivity contribution in [1.29, 1.82) is 0 Å². The second-order valence-corrected chi connectivity index (χ2v) is 14.7. The summed E-state index contributed by atoms with van der Waals surface area (Å²) in [6, 6.07) is 18.0. The van der Waals surface area contributed by atoms with E-state index in [2.05, 4.69) is 27.3 Å². The fraction of sp³-hybridized carbons (Fsp3) is 0.297. The molecule has 258 valence electrons. The van der Waals surface area contributed by atoms with Crippen LogP contribution in [-0.2, 0) is 22.7 Å². The first kappa shape index (κ1) is 34.7. The van der Waals surface area contributed by atoms with Crippen LogP contribution >= 0.6 is 46.1 Å². The number of nitrogens with one attached hydrogen (secondary N) is 4. The zero-order valence-corrected chi connectivity index (χ0v) is 30.3. The number of carbonyl (C=O) groups excluding carboxylic acids is 2. The summed E-state index contributed by atoms with van der Waals surface area (Å²) < 4.78 is 6.62. The number of fused-ring (bicyclic) bond motifs is 1. The molecule has 4 N–H and O–H groups in total. The average molecular weight is 750 g/mol. The van der Waals surface area contributed by atoms with Gasteiger partial charge in [-0.2, -0.15) is 0 Å². The van der Waals surface area contributed by atoms with Crippen LogP contribution in [0, 0.1) is 0 Å². The molecule has 9 nitrogen and oxygen atoms in total. The predicted octanol–water partition coefficient (Wildman–Crippen LogP) is 7.40. The van der Waals surface area contributed by atoms with Crippen molar-refractivity contribution in [2.45, 2.75) is 50.9 Å². The van der Waals surface area contributed by atoms with E-state index in [0.717, 1.165) is 61.3 Å². The van der Waals surface area contributed by atoms with Gasteiger partial charge in [-0.15, -0.1) is 11.3 Å². The van der Waals surface area contributed by atoms with Gasteiger partial charge in [-0.1, -0.05) is 77.3 Å². The number of rotatable bonds is 12. The molecule has 0 unspecified atom stereocenters. The molecule has 2 fully saturated rings. The molecule has 2 aliphatic heterocycles. The van der Waals surface area contributed by atoms with Gasteiger partial charge >= 0.3 is 0 Å². The summed E-state index contributed by atoms with van der Waals surface area (Å²) in [7, 11) is 1.60. The number of pyridine rings is 2. The second-order valence-electron chi connectivity index (χ2n) is 12.5. The first-order valence-electron chi connectivity index (χ1n) is 16.5. The van der Waals surface area contributed by atoms with Gasteiger partial charge in [0, 0.05) is 95.6 Å². The summed E-state index contributed by atoms with van der Waals surface area (Å²) in [6.45, 7) is 2.51. The Kier molecular flexibility index (Phi) is 10.6. The SMILES string of the molecule is COc1nc(-c2cccc(-c3cccc(-c4cnc5c(Cl)c(CNC[C@H]6CCC(=O)N6)sc5c4)c3Cl)c2Cl)ccc1CNC[C@H]1CCC(=O)N1. The first-order valence-corrected chi connectivity index (χ1v) is 18.4. The van der Waals surface area contributed by atoms with Gasteiger partial charge in [0.1, 0.15) is 0 Å². The number of aromatic nitrogens is 2. The lowest BCUT2D eigenvalue weighted by molar-refractivity contribution is -0.120. The molecule has 2 aromatic carbocycles. The molecule has 2 amide bonds. The molecule has 50 heavy (non-hydrogen) atoms. The molecule has 2 saturated heterocycles. The van der Waals surface area contributed by atoms with Gasteiger partial charge in [0.2, 0.25) is 17.7 Å². The van der Waals surface area contributed by atoms with Crippen molar-refractivity contribution >= 4 is 68.2 Å². The molecule has 7 rings (SSSR count). The van der Waals surface area contributed by atoms with Crippen LogP contribution in [0.5, 0.6) is 5.88 Å². The molecule has 5 heterocycles. The van der Waals surface area contributed by atoms with E-state index in [0.29, 0.717) is 65.7 Å². The normalized spacial score (nSPS) is 17.4.